The van der Waals surface area contributed by atoms with Crippen LogP contribution in [0.25, 0.3) is 5.65 Å². The van der Waals surface area contributed by atoms with Crippen LogP contribution in [-0.2, 0) is 19.8 Å². The fourth-order valence-corrected chi connectivity index (χ4v) is 2.72. The summed E-state index contributed by atoms with van der Waals surface area (Å²) in [4.78, 5) is 16.6. The number of aliphatic hydroxyl groups excluding tert-OH is 2. The SMILES string of the molecule is Cc1cccc2nc(COc3c(CO)cc(F)cc3CO)cc(=O)n12. The molecule has 7 heteroatoms. The van der Waals surface area contributed by atoms with Gasteiger partial charge in [0.1, 0.15) is 23.8 Å². The van der Waals surface area contributed by atoms with Gasteiger partial charge in [0.25, 0.3) is 5.56 Å². The number of aromatic nitrogens is 2. The second-order valence-corrected chi connectivity index (χ2v) is 5.60. The molecule has 0 aliphatic rings. The molecule has 0 saturated heterocycles. The highest BCUT2D eigenvalue weighted by atomic mass is 19.1. The molecule has 3 rings (SSSR count). The molecule has 0 aliphatic heterocycles. The van der Waals surface area contributed by atoms with E-state index < -0.39 is 19.0 Å². The Balaban J connectivity index is 1.95. The Morgan fingerprint density at radius 3 is 2.48 bits per heavy atom. The Kier molecular flexibility index (Phi) is 4.78. The Hall–Kier alpha value is -2.77. The van der Waals surface area contributed by atoms with Gasteiger partial charge in [-0.15, -0.1) is 0 Å². The van der Waals surface area contributed by atoms with Gasteiger partial charge in [0.2, 0.25) is 0 Å². The molecule has 0 unspecified atom stereocenters. The quantitative estimate of drug-likeness (QED) is 0.736. The number of fused-ring (bicyclic) bond motifs is 1. The van der Waals surface area contributed by atoms with Gasteiger partial charge in [-0.2, -0.15) is 0 Å². The maximum atomic E-state index is 13.5. The van der Waals surface area contributed by atoms with E-state index in [9.17, 15) is 19.4 Å². The highest BCUT2D eigenvalue weighted by Crippen LogP contribution is 2.27. The highest BCUT2D eigenvalue weighted by molar-refractivity contribution is 5.42. The molecule has 0 bridgehead atoms. The van der Waals surface area contributed by atoms with Crippen molar-refractivity contribution in [2.45, 2.75) is 26.7 Å². The zero-order valence-corrected chi connectivity index (χ0v) is 13.6. The van der Waals surface area contributed by atoms with Gasteiger partial charge in [-0.25, -0.2) is 9.37 Å². The van der Waals surface area contributed by atoms with Crippen molar-refractivity contribution in [1.82, 2.24) is 9.38 Å². The van der Waals surface area contributed by atoms with E-state index in [-0.39, 0.29) is 29.0 Å². The Bertz CT molecular complexity index is 959. The van der Waals surface area contributed by atoms with Crippen LogP contribution in [0.5, 0.6) is 5.75 Å². The van der Waals surface area contributed by atoms with Crippen molar-refractivity contribution in [2.24, 2.45) is 0 Å². The summed E-state index contributed by atoms with van der Waals surface area (Å²) in [7, 11) is 0. The molecular weight excluding hydrogens is 327 g/mol. The Morgan fingerprint density at radius 1 is 1.16 bits per heavy atom. The lowest BCUT2D eigenvalue weighted by Crippen LogP contribution is -2.18. The van der Waals surface area contributed by atoms with Gasteiger partial charge in [0, 0.05) is 22.9 Å². The van der Waals surface area contributed by atoms with Crippen LogP contribution in [0.3, 0.4) is 0 Å². The number of halogens is 1. The lowest BCUT2D eigenvalue weighted by atomic mass is 10.1. The predicted octanol–water partition coefficient (Wildman–Crippen LogP) is 1.71. The van der Waals surface area contributed by atoms with E-state index in [1.54, 1.807) is 12.1 Å². The van der Waals surface area contributed by atoms with E-state index in [1.807, 2.05) is 13.0 Å². The van der Waals surface area contributed by atoms with Crippen molar-refractivity contribution < 1.29 is 19.3 Å². The molecule has 6 nitrogen and oxygen atoms in total. The molecule has 0 radical (unpaired) electrons. The molecule has 0 saturated carbocycles. The first-order chi connectivity index (χ1) is 12.0. The first-order valence-corrected chi connectivity index (χ1v) is 7.67. The van der Waals surface area contributed by atoms with Crippen molar-refractivity contribution in [3.05, 3.63) is 75.1 Å². The third kappa shape index (κ3) is 3.38. The number of aryl methyl sites for hydroxylation is 1. The molecule has 0 spiro atoms. The fraction of sp³-hybridized carbons (Fsp3) is 0.222. The first-order valence-electron chi connectivity index (χ1n) is 7.67. The molecule has 2 N–H and O–H groups in total. The molecule has 0 aliphatic carbocycles. The summed E-state index contributed by atoms with van der Waals surface area (Å²) in [6.07, 6.45) is 0. The van der Waals surface area contributed by atoms with Crippen LogP contribution < -0.4 is 10.3 Å². The molecule has 1 aromatic carbocycles. The van der Waals surface area contributed by atoms with Gasteiger partial charge in [-0.3, -0.25) is 9.20 Å². The van der Waals surface area contributed by atoms with Gasteiger partial charge in [0.05, 0.1) is 18.9 Å². The second-order valence-electron chi connectivity index (χ2n) is 5.60. The molecule has 0 amide bonds. The summed E-state index contributed by atoms with van der Waals surface area (Å²) in [6.45, 7) is 0.886. The van der Waals surface area contributed by atoms with Crippen LogP contribution in [0.2, 0.25) is 0 Å². The second kappa shape index (κ2) is 7.00. The van der Waals surface area contributed by atoms with Crippen LogP contribution in [0.15, 0.2) is 41.2 Å². The lowest BCUT2D eigenvalue weighted by molar-refractivity contribution is 0.239. The van der Waals surface area contributed by atoms with Crippen LogP contribution in [0.1, 0.15) is 22.5 Å². The van der Waals surface area contributed by atoms with Crippen molar-refractivity contribution >= 4 is 5.65 Å². The summed E-state index contributed by atoms with van der Waals surface area (Å²) < 4.78 is 20.6. The zero-order chi connectivity index (χ0) is 18.0. The molecular formula is C18H17FN2O4. The number of nitrogens with zero attached hydrogens (tertiary/aromatic N) is 2. The summed E-state index contributed by atoms with van der Waals surface area (Å²) >= 11 is 0. The number of hydrogen-bond acceptors (Lipinski definition) is 5. The molecule has 0 fully saturated rings. The molecule has 3 aromatic rings. The summed E-state index contributed by atoms with van der Waals surface area (Å²) in [5.41, 5.74) is 1.87. The van der Waals surface area contributed by atoms with Gasteiger partial charge in [0.15, 0.2) is 0 Å². The van der Waals surface area contributed by atoms with Crippen molar-refractivity contribution in [3.63, 3.8) is 0 Å². The molecule has 2 aromatic heterocycles. The van der Waals surface area contributed by atoms with E-state index in [0.717, 1.165) is 17.8 Å². The van der Waals surface area contributed by atoms with Gasteiger partial charge >= 0.3 is 0 Å². The minimum Gasteiger partial charge on any atom is -0.487 e. The molecule has 25 heavy (non-hydrogen) atoms. The van der Waals surface area contributed by atoms with E-state index >= 15 is 0 Å². The van der Waals surface area contributed by atoms with Crippen LogP contribution in [0.4, 0.5) is 4.39 Å². The number of aliphatic hydroxyl groups is 2. The van der Waals surface area contributed by atoms with E-state index in [1.165, 1.54) is 10.5 Å². The van der Waals surface area contributed by atoms with E-state index in [4.69, 9.17) is 4.74 Å². The fourth-order valence-electron chi connectivity index (χ4n) is 2.72. The number of ether oxygens (including phenoxy) is 1. The Labute approximate surface area is 142 Å². The van der Waals surface area contributed by atoms with Crippen molar-refractivity contribution in [3.8, 4) is 5.75 Å². The number of pyridine rings is 1. The van der Waals surface area contributed by atoms with Gasteiger partial charge in [-0.05, 0) is 31.2 Å². The standard InChI is InChI=1S/C18H17FN2O4/c1-11-3-2-4-16-20-15(7-17(24)21(11)16)10-25-18-12(8-22)5-14(19)6-13(18)9-23/h2-7,22-23H,8-10H2,1H3. The number of rotatable bonds is 5. The highest BCUT2D eigenvalue weighted by Gasteiger charge is 2.13. The zero-order valence-electron chi connectivity index (χ0n) is 13.6. The average Bonchev–Trinajstić information content (AvgIpc) is 2.59. The van der Waals surface area contributed by atoms with Crippen LogP contribution in [-0.4, -0.2) is 19.6 Å². The van der Waals surface area contributed by atoms with Gasteiger partial charge in [-0.1, -0.05) is 6.07 Å². The molecule has 0 atom stereocenters. The number of hydrogen-bond donors (Lipinski definition) is 2. The van der Waals surface area contributed by atoms with Crippen LogP contribution >= 0.6 is 0 Å². The summed E-state index contributed by atoms with van der Waals surface area (Å²) in [6, 6.07) is 8.97. The van der Waals surface area contributed by atoms with Gasteiger partial charge < -0.3 is 14.9 Å². The average molecular weight is 344 g/mol. The third-order valence-corrected chi connectivity index (χ3v) is 3.85. The van der Waals surface area contributed by atoms with E-state index in [0.29, 0.717) is 11.3 Å². The van der Waals surface area contributed by atoms with Crippen molar-refractivity contribution in [2.75, 3.05) is 0 Å². The first kappa shape index (κ1) is 17.1. The molecule has 130 valence electrons. The summed E-state index contributed by atoms with van der Waals surface area (Å²) in [5.74, 6) is -0.379. The monoisotopic (exact) mass is 344 g/mol. The molecule has 2 heterocycles. The predicted molar refractivity (Wildman–Crippen MR) is 88.8 cm³/mol. The Morgan fingerprint density at radius 2 is 1.84 bits per heavy atom. The smallest absolute Gasteiger partial charge is 0.258 e. The maximum Gasteiger partial charge on any atom is 0.258 e. The third-order valence-electron chi connectivity index (χ3n) is 3.85. The maximum absolute atomic E-state index is 13.5. The van der Waals surface area contributed by atoms with Crippen LogP contribution in [0, 0.1) is 12.7 Å². The minimum absolute atomic E-state index is 0.0503. The summed E-state index contributed by atoms with van der Waals surface area (Å²) in [5, 5.41) is 18.8. The normalized spacial score (nSPS) is 11.0. The van der Waals surface area contributed by atoms with E-state index in [2.05, 4.69) is 4.98 Å². The minimum atomic E-state index is -0.571. The van der Waals surface area contributed by atoms with Crippen molar-refractivity contribution in [1.29, 1.82) is 0 Å². The largest absolute Gasteiger partial charge is 0.487 e. The number of benzene rings is 1. The topological polar surface area (TPSA) is 84.1 Å². The lowest BCUT2D eigenvalue weighted by Gasteiger charge is -2.14.